The van der Waals surface area contributed by atoms with E-state index in [1.807, 2.05) is 0 Å². The lowest BCUT2D eigenvalue weighted by atomic mass is 9.94. The van der Waals surface area contributed by atoms with Gasteiger partial charge in [0, 0.05) is 29.8 Å². The van der Waals surface area contributed by atoms with Crippen molar-refractivity contribution in [2.24, 2.45) is 0 Å². The van der Waals surface area contributed by atoms with Crippen LogP contribution in [0.15, 0.2) is 76.5 Å². The summed E-state index contributed by atoms with van der Waals surface area (Å²) in [7, 11) is -9.89. The van der Waals surface area contributed by atoms with Crippen molar-refractivity contribution >= 4 is 48.9 Å². The monoisotopic (exact) mass is 562 g/mol. The van der Waals surface area contributed by atoms with Crippen molar-refractivity contribution in [3.63, 3.8) is 0 Å². The highest BCUT2D eigenvalue weighted by Crippen LogP contribution is 2.40. The molecule has 0 radical (unpaired) electrons. The van der Waals surface area contributed by atoms with Gasteiger partial charge in [-0.1, -0.05) is 0 Å². The highest BCUT2D eigenvalue weighted by Gasteiger charge is 2.40. The number of benzene rings is 3. The van der Waals surface area contributed by atoms with Crippen LogP contribution in [0.3, 0.4) is 0 Å². The van der Waals surface area contributed by atoms with Crippen LogP contribution in [-0.2, 0) is 30.4 Å². The molecule has 0 aromatic heterocycles. The average molecular weight is 563 g/mol. The first-order valence-electron chi connectivity index (χ1n) is 10.6. The SMILES string of the molecule is CC1(C)OC(=O)Nc2ccc(N(S(=O)(=O)c3ccc([N+](=O)[O-])cc3)S(=O)(=O)c3ccc([N+](=O)[O-])cc3)cc21. The van der Waals surface area contributed by atoms with E-state index in [4.69, 9.17) is 4.74 Å². The molecule has 1 aliphatic heterocycles. The zero-order valence-electron chi connectivity index (χ0n) is 19.6. The van der Waals surface area contributed by atoms with Crippen LogP contribution in [-0.4, -0.2) is 32.8 Å². The minimum atomic E-state index is -4.94. The molecule has 3 aromatic rings. The number of sulfonamides is 2. The Kier molecular flexibility index (Phi) is 6.32. The predicted molar refractivity (Wildman–Crippen MR) is 133 cm³/mol. The average Bonchev–Trinajstić information content (AvgIpc) is 2.83. The van der Waals surface area contributed by atoms with Gasteiger partial charge in [0.15, 0.2) is 0 Å². The third kappa shape index (κ3) is 4.61. The maximum absolute atomic E-state index is 13.8. The number of cyclic esters (lactones) is 1. The minimum Gasteiger partial charge on any atom is -0.438 e. The third-order valence-electron chi connectivity index (χ3n) is 5.57. The Morgan fingerprint density at radius 2 is 1.24 bits per heavy atom. The lowest BCUT2D eigenvalue weighted by Gasteiger charge is -2.33. The Labute approximate surface area is 215 Å². The molecule has 0 saturated carbocycles. The fraction of sp³-hybridized carbons (Fsp3) is 0.136. The molecule has 3 aromatic carbocycles. The topological polar surface area (TPSA) is 196 Å². The molecule has 0 atom stereocenters. The smallest absolute Gasteiger partial charge is 0.412 e. The highest BCUT2D eigenvalue weighted by molar-refractivity contribution is 8.10. The van der Waals surface area contributed by atoms with E-state index in [1.54, 1.807) is 0 Å². The van der Waals surface area contributed by atoms with Crippen LogP contribution in [0.25, 0.3) is 0 Å². The molecule has 16 heteroatoms. The predicted octanol–water partition coefficient (Wildman–Crippen LogP) is 3.88. The number of nitro groups is 2. The summed E-state index contributed by atoms with van der Waals surface area (Å²) < 4.78 is 60.4. The molecule has 0 fully saturated rings. The molecular weight excluding hydrogens is 544 g/mol. The van der Waals surface area contributed by atoms with E-state index in [-0.39, 0.29) is 20.6 Å². The number of nitrogens with zero attached hydrogens (tertiary/aromatic N) is 3. The van der Waals surface area contributed by atoms with E-state index in [0.29, 0.717) is 0 Å². The van der Waals surface area contributed by atoms with E-state index >= 15 is 0 Å². The number of hydrogen-bond acceptors (Lipinski definition) is 10. The Morgan fingerprint density at radius 1 is 0.789 bits per heavy atom. The number of amides is 1. The van der Waals surface area contributed by atoms with Crippen LogP contribution in [0, 0.1) is 20.2 Å². The minimum absolute atomic E-state index is 0.120. The highest BCUT2D eigenvalue weighted by atomic mass is 32.3. The molecule has 0 aliphatic carbocycles. The van der Waals surface area contributed by atoms with E-state index < -0.39 is 62.8 Å². The van der Waals surface area contributed by atoms with Crippen molar-refractivity contribution in [2.75, 3.05) is 9.03 Å². The third-order valence-corrected chi connectivity index (χ3v) is 9.78. The zero-order valence-corrected chi connectivity index (χ0v) is 21.2. The van der Waals surface area contributed by atoms with E-state index in [0.717, 1.165) is 54.6 Å². The summed E-state index contributed by atoms with van der Waals surface area (Å²) in [6.45, 7) is 3.04. The number of ether oxygens (including phenoxy) is 1. The number of nitrogens with one attached hydrogen (secondary N) is 1. The van der Waals surface area contributed by atoms with Gasteiger partial charge in [0.25, 0.3) is 31.4 Å². The molecule has 0 bridgehead atoms. The summed E-state index contributed by atoms with van der Waals surface area (Å²) >= 11 is 0. The first kappa shape index (κ1) is 26.5. The maximum Gasteiger partial charge on any atom is 0.412 e. The van der Waals surface area contributed by atoms with Crippen LogP contribution in [0.4, 0.5) is 27.5 Å². The summed E-state index contributed by atoms with van der Waals surface area (Å²) in [6, 6.07) is 10.8. The van der Waals surface area contributed by atoms with Crippen LogP contribution >= 0.6 is 0 Å². The molecule has 1 aliphatic rings. The number of nitro benzene ring substituents is 2. The number of rotatable bonds is 7. The molecule has 38 heavy (non-hydrogen) atoms. The molecule has 0 saturated heterocycles. The molecule has 198 valence electrons. The zero-order chi connectivity index (χ0) is 28.0. The van der Waals surface area contributed by atoms with E-state index in [1.165, 1.54) is 26.0 Å². The van der Waals surface area contributed by atoms with Gasteiger partial charge in [-0.05, 0) is 56.3 Å². The van der Waals surface area contributed by atoms with Gasteiger partial charge in [-0.2, -0.15) is 3.71 Å². The molecule has 4 rings (SSSR count). The van der Waals surface area contributed by atoms with E-state index in [2.05, 4.69) is 5.32 Å². The lowest BCUT2D eigenvalue weighted by molar-refractivity contribution is -0.385. The number of non-ortho nitro benzene ring substituents is 2. The fourth-order valence-corrected chi connectivity index (χ4v) is 7.43. The Bertz CT molecular complexity index is 1600. The van der Waals surface area contributed by atoms with Gasteiger partial charge in [-0.3, -0.25) is 25.5 Å². The molecule has 0 spiro atoms. The van der Waals surface area contributed by atoms with Crippen LogP contribution < -0.4 is 9.03 Å². The van der Waals surface area contributed by atoms with Crippen LogP contribution in [0.5, 0.6) is 0 Å². The van der Waals surface area contributed by atoms with Crippen molar-refractivity contribution in [1.29, 1.82) is 0 Å². The van der Waals surface area contributed by atoms with Gasteiger partial charge in [0.2, 0.25) is 0 Å². The van der Waals surface area contributed by atoms with Crippen molar-refractivity contribution in [2.45, 2.75) is 29.2 Å². The molecular formula is C22H18N4O10S2. The first-order valence-corrected chi connectivity index (χ1v) is 13.5. The lowest BCUT2D eigenvalue weighted by Crippen LogP contribution is -2.38. The summed E-state index contributed by atoms with van der Waals surface area (Å²) in [5.41, 5.74) is -1.96. The number of anilines is 2. The molecule has 14 nitrogen and oxygen atoms in total. The van der Waals surface area contributed by atoms with Crippen molar-refractivity contribution in [3.05, 3.63) is 92.5 Å². The second-order valence-corrected chi connectivity index (χ2v) is 12.3. The molecule has 1 N–H and O–H groups in total. The van der Waals surface area contributed by atoms with Gasteiger partial charge < -0.3 is 4.74 Å². The van der Waals surface area contributed by atoms with Crippen LogP contribution in [0.2, 0.25) is 0 Å². The number of carbonyl (C=O) groups is 1. The Balaban J connectivity index is 1.95. The van der Waals surface area contributed by atoms with Crippen molar-refractivity contribution in [1.82, 2.24) is 0 Å². The van der Waals surface area contributed by atoms with Crippen molar-refractivity contribution in [3.8, 4) is 0 Å². The standard InChI is InChI=1S/C22H18N4O10S2/c1-22(2)19-13-16(7-12-20(19)23-21(27)36-22)26(37(32,33)17-8-3-14(4-9-17)24(28)29)38(34,35)18-10-5-15(6-11-18)25(30)31/h3-13H,1-2H3,(H,23,27). The van der Waals surface area contributed by atoms with Crippen LogP contribution in [0.1, 0.15) is 19.4 Å². The first-order chi connectivity index (χ1) is 17.6. The molecule has 1 amide bonds. The van der Waals surface area contributed by atoms with Gasteiger partial charge in [0.1, 0.15) is 5.60 Å². The quantitative estimate of drug-likeness (QED) is 0.326. The fourth-order valence-electron chi connectivity index (χ4n) is 3.75. The number of carbonyl (C=O) groups excluding carboxylic acids is 1. The normalized spacial score (nSPS) is 14.5. The molecule has 1 heterocycles. The maximum atomic E-state index is 13.8. The Morgan fingerprint density at radius 3 is 1.66 bits per heavy atom. The van der Waals surface area contributed by atoms with E-state index in [9.17, 15) is 41.9 Å². The second kappa shape index (κ2) is 9.07. The number of fused-ring (bicyclic) bond motifs is 1. The summed E-state index contributed by atoms with van der Waals surface area (Å²) in [4.78, 5) is 31.3. The summed E-state index contributed by atoms with van der Waals surface area (Å²) in [5, 5.41) is 24.5. The summed E-state index contributed by atoms with van der Waals surface area (Å²) in [5.74, 6) is 0. The molecule has 0 unspecified atom stereocenters. The number of hydrogen-bond donors (Lipinski definition) is 1. The Hall–Kier alpha value is -4.57. The second-order valence-electron chi connectivity index (χ2n) is 8.46. The van der Waals surface area contributed by atoms with Gasteiger partial charge in [-0.15, -0.1) is 0 Å². The van der Waals surface area contributed by atoms with Crippen molar-refractivity contribution < 1.29 is 36.2 Å². The van der Waals surface area contributed by atoms with Gasteiger partial charge in [-0.25, -0.2) is 21.6 Å². The van der Waals surface area contributed by atoms with Gasteiger partial charge >= 0.3 is 6.09 Å². The largest absolute Gasteiger partial charge is 0.438 e. The van der Waals surface area contributed by atoms with Gasteiger partial charge in [0.05, 0.1) is 31.0 Å². The summed E-state index contributed by atoms with van der Waals surface area (Å²) in [6.07, 6.45) is -0.760.